The highest BCUT2D eigenvalue weighted by atomic mass is 32.2. The van der Waals surface area contributed by atoms with Crippen LogP contribution in [-0.4, -0.2) is 22.0 Å². The molecule has 0 aliphatic carbocycles. The van der Waals surface area contributed by atoms with E-state index in [0.717, 1.165) is 16.7 Å². The van der Waals surface area contributed by atoms with Crippen molar-refractivity contribution in [1.82, 2.24) is 14.7 Å². The van der Waals surface area contributed by atoms with Crippen LogP contribution >= 0.6 is 11.9 Å². The Balaban J connectivity index is 2.15. The maximum absolute atomic E-state index is 4.62. The van der Waals surface area contributed by atoms with Crippen molar-refractivity contribution in [2.45, 2.75) is 38.6 Å². The van der Waals surface area contributed by atoms with Crippen LogP contribution in [0.4, 0.5) is 5.82 Å². The molecule has 2 N–H and O–H groups in total. The van der Waals surface area contributed by atoms with Crippen molar-refractivity contribution in [2.24, 2.45) is 10.4 Å². The van der Waals surface area contributed by atoms with Crippen LogP contribution in [0.15, 0.2) is 22.4 Å². The van der Waals surface area contributed by atoms with Crippen LogP contribution < -0.4 is 10.0 Å². The van der Waals surface area contributed by atoms with Gasteiger partial charge in [0.15, 0.2) is 5.82 Å². The van der Waals surface area contributed by atoms with Gasteiger partial charge in [0, 0.05) is 6.20 Å². The van der Waals surface area contributed by atoms with E-state index in [2.05, 4.69) is 52.7 Å². The zero-order valence-corrected chi connectivity index (χ0v) is 11.3. The normalized spacial score (nSPS) is 19.2. The van der Waals surface area contributed by atoms with Crippen LogP contribution in [0.2, 0.25) is 0 Å². The van der Waals surface area contributed by atoms with Crippen LogP contribution in [-0.2, 0) is 0 Å². The largest absolute Gasteiger partial charge is 0.309 e. The number of aliphatic imine (C=N–C) groups is 1. The second kappa shape index (κ2) is 4.52. The van der Waals surface area contributed by atoms with Gasteiger partial charge in [0.05, 0.1) is 10.9 Å². The van der Waals surface area contributed by atoms with Gasteiger partial charge < -0.3 is 5.32 Å². The molecule has 0 saturated heterocycles. The zero-order valence-electron chi connectivity index (χ0n) is 10.5. The first-order valence-corrected chi connectivity index (χ1v) is 6.36. The van der Waals surface area contributed by atoms with Crippen molar-refractivity contribution in [3.63, 3.8) is 0 Å². The van der Waals surface area contributed by atoms with E-state index >= 15 is 0 Å². The Morgan fingerprint density at radius 1 is 1.41 bits per heavy atom. The van der Waals surface area contributed by atoms with Crippen LogP contribution in [0.1, 0.15) is 27.7 Å². The number of guanidine groups is 1. The topological polar surface area (TPSA) is 62.2 Å². The van der Waals surface area contributed by atoms with Gasteiger partial charge in [-0.1, -0.05) is 20.8 Å². The molecule has 1 aliphatic rings. The summed E-state index contributed by atoms with van der Waals surface area (Å²) in [6, 6.07) is 0.224. The molecule has 2 heterocycles. The summed E-state index contributed by atoms with van der Waals surface area (Å²) >= 11 is 1.48. The van der Waals surface area contributed by atoms with Crippen molar-refractivity contribution in [3.05, 3.63) is 12.5 Å². The summed E-state index contributed by atoms with van der Waals surface area (Å²) in [7, 11) is 0. The Morgan fingerprint density at radius 2 is 2.18 bits per heavy atom. The van der Waals surface area contributed by atoms with Gasteiger partial charge in [-0.15, -0.1) is 0 Å². The molecule has 2 rings (SSSR count). The Hall–Kier alpha value is -1.30. The van der Waals surface area contributed by atoms with Crippen molar-refractivity contribution in [2.75, 3.05) is 5.32 Å². The molecule has 1 aromatic heterocycles. The SMILES string of the molecule is CC(N=C1NSc2cncnc2N1)C(C)(C)C. The van der Waals surface area contributed by atoms with Crippen molar-refractivity contribution in [1.29, 1.82) is 0 Å². The maximum Gasteiger partial charge on any atom is 0.207 e. The molecule has 92 valence electrons. The Morgan fingerprint density at radius 3 is 2.88 bits per heavy atom. The number of hydrogen-bond acceptors (Lipinski definition) is 4. The lowest BCUT2D eigenvalue weighted by Gasteiger charge is -2.26. The minimum absolute atomic E-state index is 0.146. The van der Waals surface area contributed by atoms with Gasteiger partial charge in [-0.25, -0.2) is 15.0 Å². The monoisotopic (exact) mass is 251 g/mol. The lowest BCUT2D eigenvalue weighted by Crippen LogP contribution is -2.33. The summed E-state index contributed by atoms with van der Waals surface area (Å²) in [5.74, 6) is 1.56. The molecule has 0 saturated carbocycles. The second-order valence-electron chi connectivity index (χ2n) is 5.08. The molecule has 0 spiro atoms. The molecule has 1 atom stereocenters. The molecule has 1 unspecified atom stereocenters. The first-order valence-electron chi connectivity index (χ1n) is 5.54. The molecular weight excluding hydrogens is 234 g/mol. The minimum atomic E-state index is 0.146. The fraction of sp³-hybridized carbons (Fsp3) is 0.545. The van der Waals surface area contributed by atoms with Crippen LogP contribution in [0, 0.1) is 5.41 Å². The highest BCUT2D eigenvalue weighted by Crippen LogP contribution is 2.26. The van der Waals surface area contributed by atoms with E-state index in [4.69, 9.17) is 0 Å². The summed E-state index contributed by atoms with van der Waals surface area (Å²) < 4.78 is 3.15. The van der Waals surface area contributed by atoms with Crippen LogP contribution in [0.3, 0.4) is 0 Å². The van der Waals surface area contributed by atoms with Crippen molar-refractivity contribution in [3.8, 4) is 0 Å². The molecule has 0 radical (unpaired) electrons. The maximum atomic E-state index is 4.62. The fourth-order valence-electron chi connectivity index (χ4n) is 1.17. The molecule has 0 bridgehead atoms. The van der Waals surface area contributed by atoms with Gasteiger partial charge in [0.2, 0.25) is 5.96 Å². The third-order valence-electron chi connectivity index (χ3n) is 2.75. The number of rotatable bonds is 1. The summed E-state index contributed by atoms with van der Waals surface area (Å²) in [6.45, 7) is 8.63. The van der Waals surface area contributed by atoms with Gasteiger partial charge in [0.25, 0.3) is 0 Å². The Bertz CT molecular complexity index is 438. The zero-order chi connectivity index (χ0) is 12.5. The number of anilines is 1. The molecule has 0 fully saturated rings. The predicted molar refractivity (Wildman–Crippen MR) is 71.0 cm³/mol. The number of fused-ring (bicyclic) bond motifs is 1. The molecule has 6 heteroatoms. The minimum Gasteiger partial charge on any atom is -0.309 e. The predicted octanol–water partition coefficient (Wildman–Crippen LogP) is 2.29. The molecule has 0 amide bonds. The molecule has 0 aromatic carbocycles. The van der Waals surface area contributed by atoms with Gasteiger partial charge >= 0.3 is 0 Å². The quantitative estimate of drug-likeness (QED) is 0.750. The summed E-state index contributed by atoms with van der Waals surface area (Å²) in [5, 5.41) is 3.17. The number of aromatic nitrogens is 2. The number of nitrogens with zero attached hydrogens (tertiary/aromatic N) is 3. The third-order valence-corrected chi connectivity index (χ3v) is 3.56. The third kappa shape index (κ3) is 2.88. The summed E-state index contributed by atoms with van der Waals surface area (Å²) in [6.07, 6.45) is 3.31. The molecule has 5 nitrogen and oxygen atoms in total. The highest BCUT2D eigenvalue weighted by molar-refractivity contribution is 7.98. The van der Waals surface area contributed by atoms with Crippen molar-refractivity contribution >= 4 is 23.7 Å². The lowest BCUT2D eigenvalue weighted by atomic mass is 9.89. The average Bonchev–Trinajstić information content (AvgIpc) is 2.27. The molecule has 1 aromatic rings. The average molecular weight is 251 g/mol. The van der Waals surface area contributed by atoms with Gasteiger partial charge in [-0.05, 0) is 24.3 Å². The lowest BCUT2D eigenvalue weighted by molar-refractivity contribution is 0.341. The molecule has 17 heavy (non-hydrogen) atoms. The van der Waals surface area contributed by atoms with Crippen molar-refractivity contribution < 1.29 is 0 Å². The Labute approximate surface area is 106 Å². The second-order valence-corrected chi connectivity index (χ2v) is 5.93. The van der Waals surface area contributed by atoms with Crippen LogP contribution in [0.25, 0.3) is 0 Å². The van der Waals surface area contributed by atoms with E-state index in [1.54, 1.807) is 6.20 Å². The van der Waals surface area contributed by atoms with Crippen LogP contribution in [0.5, 0.6) is 0 Å². The summed E-state index contributed by atoms with van der Waals surface area (Å²) in [5.41, 5.74) is 0.146. The molecular formula is C11H17N5S. The van der Waals surface area contributed by atoms with E-state index < -0.39 is 0 Å². The fourth-order valence-corrected chi connectivity index (χ4v) is 1.80. The first kappa shape index (κ1) is 12.2. The number of hydrogen-bond donors (Lipinski definition) is 2. The highest BCUT2D eigenvalue weighted by Gasteiger charge is 2.22. The van der Waals surface area contributed by atoms with Gasteiger partial charge in [-0.3, -0.25) is 4.72 Å². The first-order chi connectivity index (χ1) is 7.97. The van der Waals surface area contributed by atoms with E-state index in [0.29, 0.717) is 0 Å². The Kier molecular flexibility index (Phi) is 3.24. The van der Waals surface area contributed by atoms with E-state index in [1.165, 1.54) is 18.3 Å². The van der Waals surface area contributed by atoms with E-state index in [-0.39, 0.29) is 11.5 Å². The number of nitrogens with one attached hydrogen (secondary N) is 2. The van der Waals surface area contributed by atoms with Gasteiger partial charge in [-0.2, -0.15) is 0 Å². The summed E-state index contributed by atoms with van der Waals surface area (Å²) in [4.78, 5) is 13.7. The smallest absolute Gasteiger partial charge is 0.207 e. The standard InChI is InChI=1S/C11H17N5S/c1-7(11(2,3)4)14-10-15-9-8(17-16-10)5-12-6-13-9/h5-7H,1-4H3,(H2,12,13,14,15,16). The van der Waals surface area contributed by atoms with E-state index in [1.807, 2.05) is 0 Å². The molecule has 1 aliphatic heterocycles. The van der Waals surface area contributed by atoms with Gasteiger partial charge in [0.1, 0.15) is 6.33 Å². The van der Waals surface area contributed by atoms with E-state index in [9.17, 15) is 0 Å².